The number of hydrogen-bond acceptors (Lipinski definition) is 5. The normalized spacial score (nSPS) is 10.5. The highest BCUT2D eigenvalue weighted by atomic mass is 16.5. The van der Waals surface area contributed by atoms with Gasteiger partial charge in [0.05, 0.1) is 25.1 Å². The summed E-state index contributed by atoms with van der Waals surface area (Å²) in [6, 6.07) is 15.3. The number of nitrogens with zero attached hydrogens (tertiary/aromatic N) is 2. The molecule has 0 aliphatic rings. The number of aromatic nitrogens is 2. The van der Waals surface area contributed by atoms with Gasteiger partial charge in [0.15, 0.2) is 5.82 Å². The fourth-order valence-electron chi connectivity index (χ4n) is 3.22. The molecule has 0 saturated carbocycles. The van der Waals surface area contributed by atoms with Crippen LogP contribution in [-0.2, 0) is 9.53 Å². The summed E-state index contributed by atoms with van der Waals surface area (Å²) in [6.45, 7) is 6.38. The molecule has 1 N–H and O–H groups in total. The van der Waals surface area contributed by atoms with E-state index in [4.69, 9.17) is 9.47 Å². The molecule has 0 unspecified atom stereocenters. The highest BCUT2D eigenvalue weighted by Gasteiger charge is 2.21. The third-order valence-electron chi connectivity index (χ3n) is 4.73. The second-order valence-corrected chi connectivity index (χ2v) is 7.10. The van der Waals surface area contributed by atoms with Gasteiger partial charge in [0.25, 0.3) is 0 Å². The zero-order valence-electron chi connectivity index (χ0n) is 18.1. The summed E-state index contributed by atoms with van der Waals surface area (Å²) in [5.41, 5.74) is 3.07. The van der Waals surface area contributed by atoms with Crippen LogP contribution in [0.25, 0.3) is 5.69 Å². The van der Waals surface area contributed by atoms with Crippen LogP contribution in [0.15, 0.2) is 54.7 Å². The Labute approximate surface area is 182 Å². The Hall–Kier alpha value is -3.61. The molecule has 0 spiro atoms. The molecule has 0 bridgehead atoms. The fraction of sp³-hybridized carbons (Fsp3) is 0.292. The number of carbonyl (C=O) groups is 2. The van der Waals surface area contributed by atoms with Gasteiger partial charge in [-0.05, 0) is 50.5 Å². The molecule has 1 aromatic heterocycles. The molecule has 162 valence electrons. The number of nitrogens with one attached hydrogen (secondary N) is 1. The first-order chi connectivity index (χ1) is 15.0. The van der Waals surface area contributed by atoms with E-state index in [1.54, 1.807) is 6.92 Å². The second-order valence-electron chi connectivity index (χ2n) is 7.10. The maximum Gasteiger partial charge on any atom is 0.343 e. The molecule has 3 rings (SSSR count). The molecular formula is C24H27N3O4. The van der Waals surface area contributed by atoms with Crippen LogP contribution >= 0.6 is 0 Å². The van der Waals surface area contributed by atoms with E-state index in [0.29, 0.717) is 18.8 Å². The number of esters is 1. The van der Waals surface area contributed by atoms with E-state index in [9.17, 15) is 9.59 Å². The standard InChI is InChI=1S/C24H27N3O4/c1-4-30-24(29)20-16-25-27(19-12-6-5-7-13-19)23(20)26-21(28)14-9-15-31-22-17(2)10-8-11-18(22)3/h5-8,10-13,16H,4,9,14-15H2,1-3H3,(H,26,28). The van der Waals surface area contributed by atoms with Crippen LogP contribution in [-0.4, -0.2) is 34.9 Å². The van der Waals surface area contributed by atoms with Crippen molar-refractivity contribution in [3.8, 4) is 11.4 Å². The van der Waals surface area contributed by atoms with Gasteiger partial charge in [0.2, 0.25) is 5.91 Å². The minimum absolute atomic E-state index is 0.214. The molecule has 0 radical (unpaired) electrons. The van der Waals surface area contributed by atoms with Gasteiger partial charge in [-0.15, -0.1) is 0 Å². The molecule has 0 saturated heterocycles. The third kappa shape index (κ3) is 5.51. The van der Waals surface area contributed by atoms with Gasteiger partial charge in [0, 0.05) is 6.42 Å². The lowest BCUT2D eigenvalue weighted by molar-refractivity contribution is -0.116. The highest BCUT2D eigenvalue weighted by molar-refractivity contribution is 6.00. The number of benzene rings is 2. The summed E-state index contributed by atoms with van der Waals surface area (Å²) in [7, 11) is 0. The molecule has 0 aliphatic heterocycles. The lowest BCUT2D eigenvalue weighted by Gasteiger charge is -2.13. The average Bonchev–Trinajstić information content (AvgIpc) is 3.17. The van der Waals surface area contributed by atoms with Gasteiger partial charge < -0.3 is 14.8 Å². The monoisotopic (exact) mass is 421 g/mol. The van der Waals surface area contributed by atoms with Crippen LogP contribution in [0.2, 0.25) is 0 Å². The topological polar surface area (TPSA) is 82.5 Å². The number of para-hydroxylation sites is 2. The lowest BCUT2D eigenvalue weighted by atomic mass is 10.1. The van der Waals surface area contributed by atoms with Crippen molar-refractivity contribution >= 4 is 17.7 Å². The first kappa shape index (κ1) is 22.1. The van der Waals surface area contributed by atoms with Gasteiger partial charge in [-0.25, -0.2) is 9.48 Å². The van der Waals surface area contributed by atoms with E-state index >= 15 is 0 Å². The fourth-order valence-corrected chi connectivity index (χ4v) is 3.22. The number of ether oxygens (including phenoxy) is 2. The summed E-state index contributed by atoms with van der Waals surface area (Å²) in [5.74, 6) is 0.395. The molecule has 31 heavy (non-hydrogen) atoms. The summed E-state index contributed by atoms with van der Waals surface area (Å²) < 4.78 is 12.5. The first-order valence-electron chi connectivity index (χ1n) is 10.3. The predicted molar refractivity (Wildman–Crippen MR) is 119 cm³/mol. The van der Waals surface area contributed by atoms with Crippen molar-refractivity contribution < 1.29 is 19.1 Å². The Morgan fingerprint density at radius 1 is 1.03 bits per heavy atom. The van der Waals surface area contributed by atoms with Crippen LogP contribution in [0, 0.1) is 13.8 Å². The smallest absolute Gasteiger partial charge is 0.343 e. The maximum atomic E-state index is 12.6. The number of anilines is 1. The number of amides is 1. The zero-order valence-corrected chi connectivity index (χ0v) is 18.1. The van der Waals surface area contributed by atoms with Gasteiger partial charge in [-0.3, -0.25) is 4.79 Å². The molecule has 0 fully saturated rings. The Kier molecular flexibility index (Phi) is 7.43. The van der Waals surface area contributed by atoms with E-state index in [-0.39, 0.29) is 24.5 Å². The Morgan fingerprint density at radius 3 is 2.42 bits per heavy atom. The Bertz CT molecular complexity index is 1020. The summed E-state index contributed by atoms with van der Waals surface area (Å²) in [4.78, 5) is 24.9. The van der Waals surface area contributed by atoms with Gasteiger partial charge >= 0.3 is 5.97 Å². The molecule has 0 aliphatic carbocycles. The Morgan fingerprint density at radius 2 is 1.74 bits per heavy atom. The van der Waals surface area contributed by atoms with Crippen molar-refractivity contribution in [3.05, 3.63) is 71.4 Å². The summed E-state index contributed by atoms with van der Waals surface area (Å²) in [6.07, 6.45) is 2.19. The molecule has 7 nitrogen and oxygen atoms in total. The molecule has 0 atom stereocenters. The highest BCUT2D eigenvalue weighted by Crippen LogP contribution is 2.23. The second kappa shape index (κ2) is 10.4. The van der Waals surface area contributed by atoms with Crippen LogP contribution in [0.4, 0.5) is 5.82 Å². The van der Waals surface area contributed by atoms with Crippen molar-refractivity contribution in [2.45, 2.75) is 33.6 Å². The van der Waals surface area contributed by atoms with E-state index in [0.717, 1.165) is 22.6 Å². The van der Waals surface area contributed by atoms with Crippen molar-refractivity contribution in [2.24, 2.45) is 0 Å². The molecule has 7 heteroatoms. The Balaban J connectivity index is 1.67. The van der Waals surface area contributed by atoms with E-state index < -0.39 is 5.97 Å². The molecule has 1 amide bonds. The molecule has 1 heterocycles. The van der Waals surface area contributed by atoms with Crippen LogP contribution in [0.5, 0.6) is 5.75 Å². The average molecular weight is 421 g/mol. The third-order valence-corrected chi connectivity index (χ3v) is 4.73. The van der Waals surface area contributed by atoms with Crippen molar-refractivity contribution in [3.63, 3.8) is 0 Å². The number of aryl methyl sites for hydroxylation is 2. The maximum absolute atomic E-state index is 12.6. The van der Waals surface area contributed by atoms with E-state index in [1.807, 2.05) is 62.4 Å². The van der Waals surface area contributed by atoms with Gasteiger partial charge in [-0.1, -0.05) is 36.4 Å². The SMILES string of the molecule is CCOC(=O)c1cnn(-c2ccccc2)c1NC(=O)CCCOc1c(C)cccc1C. The van der Waals surface area contributed by atoms with Crippen LogP contribution in [0.3, 0.4) is 0 Å². The minimum atomic E-state index is -0.529. The number of carbonyl (C=O) groups excluding carboxylic acids is 2. The predicted octanol–water partition coefficient (Wildman–Crippen LogP) is 4.46. The zero-order chi connectivity index (χ0) is 22.2. The lowest BCUT2D eigenvalue weighted by Crippen LogP contribution is -2.18. The summed E-state index contributed by atoms with van der Waals surface area (Å²) >= 11 is 0. The van der Waals surface area contributed by atoms with E-state index in [2.05, 4.69) is 10.4 Å². The molecule has 2 aromatic carbocycles. The van der Waals surface area contributed by atoms with Crippen molar-refractivity contribution in [2.75, 3.05) is 18.5 Å². The van der Waals surface area contributed by atoms with Crippen molar-refractivity contribution in [1.82, 2.24) is 9.78 Å². The van der Waals surface area contributed by atoms with E-state index in [1.165, 1.54) is 10.9 Å². The van der Waals surface area contributed by atoms with Crippen molar-refractivity contribution in [1.29, 1.82) is 0 Å². The van der Waals surface area contributed by atoms with Crippen LogP contribution in [0.1, 0.15) is 41.3 Å². The van der Waals surface area contributed by atoms with Gasteiger partial charge in [0.1, 0.15) is 11.3 Å². The number of rotatable bonds is 9. The quantitative estimate of drug-likeness (QED) is 0.407. The van der Waals surface area contributed by atoms with Gasteiger partial charge in [-0.2, -0.15) is 5.10 Å². The first-order valence-corrected chi connectivity index (χ1v) is 10.3. The summed E-state index contributed by atoms with van der Waals surface area (Å²) in [5, 5.41) is 7.10. The minimum Gasteiger partial charge on any atom is -0.493 e. The molecular weight excluding hydrogens is 394 g/mol. The number of hydrogen-bond donors (Lipinski definition) is 1. The van der Waals surface area contributed by atoms with Crippen LogP contribution < -0.4 is 10.1 Å². The molecule has 3 aromatic rings. The largest absolute Gasteiger partial charge is 0.493 e.